The molecule has 3 aromatic carbocycles. The van der Waals surface area contributed by atoms with Gasteiger partial charge in [0.15, 0.2) is 0 Å². The van der Waals surface area contributed by atoms with E-state index in [-0.39, 0.29) is 30.2 Å². The molecule has 0 saturated heterocycles. The maximum absolute atomic E-state index is 12.7. The van der Waals surface area contributed by atoms with Gasteiger partial charge in [0.2, 0.25) is 11.8 Å². The smallest absolute Gasteiger partial charge is 0.258 e. The number of carbonyl (C=O) groups is 3. The predicted molar refractivity (Wildman–Crippen MR) is 135 cm³/mol. The molecular weight excluding hydrogens is 428 g/mol. The standard InChI is InChI=1S/C27H28N4O3/c1-18-23(9-6-10-24(18)30-26(33)19-11-12-19)28-17-25(32)29-21-15-13-20(14-16-21)27(34)31(2)22-7-4-3-5-8-22/h3-10,13-16,19,28H,11-12,17H2,1-2H3,(H,29,32)(H,30,33). The number of nitrogens with one attached hydrogen (secondary N) is 3. The molecule has 34 heavy (non-hydrogen) atoms. The molecule has 7 nitrogen and oxygen atoms in total. The van der Waals surface area contributed by atoms with E-state index in [1.165, 1.54) is 0 Å². The highest BCUT2D eigenvalue weighted by atomic mass is 16.2. The molecule has 0 aliphatic heterocycles. The summed E-state index contributed by atoms with van der Waals surface area (Å²) in [7, 11) is 1.73. The number of anilines is 4. The van der Waals surface area contributed by atoms with Crippen LogP contribution in [-0.4, -0.2) is 31.3 Å². The molecule has 0 radical (unpaired) electrons. The van der Waals surface area contributed by atoms with E-state index in [9.17, 15) is 14.4 Å². The van der Waals surface area contributed by atoms with Crippen LogP contribution in [0, 0.1) is 12.8 Å². The van der Waals surface area contributed by atoms with E-state index in [4.69, 9.17) is 0 Å². The minimum atomic E-state index is -0.215. The number of hydrogen-bond donors (Lipinski definition) is 3. The first-order valence-electron chi connectivity index (χ1n) is 11.3. The summed E-state index contributed by atoms with van der Waals surface area (Å²) in [5, 5.41) is 8.92. The van der Waals surface area contributed by atoms with Gasteiger partial charge in [-0.05, 0) is 73.9 Å². The number of rotatable bonds is 8. The molecule has 7 heteroatoms. The minimum Gasteiger partial charge on any atom is -0.376 e. The van der Waals surface area contributed by atoms with Gasteiger partial charge in [0.25, 0.3) is 5.91 Å². The van der Waals surface area contributed by atoms with Gasteiger partial charge in [0.1, 0.15) is 0 Å². The Morgan fingerprint density at radius 2 is 1.53 bits per heavy atom. The van der Waals surface area contributed by atoms with Gasteiger partial charge in [-0.3, -0.25) is 14.4 Å². The van der Waals surface area contributed by atoms with Crippen LogP contribution < -0.4 is 20.9 Å². The first-order valence-corrected chi connectivity index (χ1v) is 11.3. The average Bonchev–Trinajstić information content (AvgIpc) is 3.70. The van der Waals surface area contributed by atoms with E-state index >= 15 is 0 Å². The van der Waals surface area contributed by atoms with Gasteiger partial charge in [0, 0.05) is 41.3 Å². The van der Waals surface area contributed by atoms with Gasteiger partial charge >= 0.3 is 0 Å². The molecule has 0 atom stereocenters. The number of amides is 3. The second-order valence-corrected chi connectivity index (χ2v) is 8.42. The van der Waals surface area contributed by atoms with Crippen molar-refractivity contribution < 1.29 is 14.4 Å². The third kappa shape index (κ3) is 5.61. The molecule has 1 aliphatic carbocycles. The van der Waals surface area contributed by atoms with Crippen molar-refractivity contribution in [2.75, 3.05) is 34.4 Å². The Morgan fingerprint density at radius 1 is 0.853 bits per heavy atom. The lowest BCUT2D eigenvalue weighted by Gasteiger charge is -2.17. The summed E-state index contributed by atoms with van der Waals surface area (Å²) in [6, 6.07) is 21.8. The molecule has 3 amide bonds. The van der Waals surface area contributed by atoms with Gasteiger partial charge < -0.3 is 20.9 Å². The van der Waals surface area contributed by atoms with Crippen LogP contribution in [0.2, 0.25) is 0 Å². The van der Waals surface area contributed by atoms with E-state index in [2.05, 4.69) is 16.0 Å². The predicted octanol–water partition coefficient (Wildman–Crippen LogP) is 4.67. The third-order valence-corrected chi connectivity index (χ3v) is 5.84. The fourth-order valence-corrected chi connectivity index (χ4v) is 3.58. The lowest BCUT2D eigenvalue weighted by molar-refractivity contribution is -0.117. The molecule has 0 aromatic heterocycles. The Labute approximate surface area is 199 Å². The van der Waals surface area contributed by atoms with Crippen molar-refractivity contribution in [1.29, 1.82) is 0 Å². The van der Waals surface area contributed by atoms with Crippen molar-refractivity contribution >= 4 is 40.5 Å². The van der Waals surface area contributed by atoms with Crippen LogP contribution in [0.1, 0.15) is 28.8 Å². The molecule has 4 rings (SSSR count). The molecule has 0 bridgehead atoms. The molecule has 174 valence electrons. The fourth-order valence-electron chi connectivity index (χ4n) is 3.58. The van der Waals surface area contributed by atoms with Gasteiger partial charge in [0.05, 0.1) is 6.54 Å². The van der Waals surface area contributed by atoms with Crippen LogP contribution in [0.4, 0.5) is 22.7 Å². The molecule has 0 unspecified atom stereocenters. The molecule has 3 aromatic rings. The first-order chi connectivity index (χ1) is 16.4. The van der Waals surface area contributed by atoms with Crippen molar-refractivity contribution in [2.45, 2.75) is 19.8 Å². The highest BCUT2D eigenvalue weighted by molar-refractivity contribution is 6.06. The molecular formula is C27H28N4O3. The van der Waals surface area contributed by atoms with E-state index in [0.29, 0.717) is 11.3 Å². The van der Waals surface area contributed by atoms with Crippen LogP contribution in [0.5, 0.6) is 0 Å². The van der Waals surface area contributed by atoms with Crippen molar-refractivity contribution in [3.8, 4) is 0 Å². The maximum atomic E-state index is 12.7. The Morgan fingerprint density at radius 3 is 2.21 bits per heavy atom. The van der Waals surface area contributed by atoms with E-state index < -0.39 is 0 Å². The minimum absolute atomic E-state index is 0.0508. The number of nitrogens with zero attached hydrogens (tertiary/aromatic N) is 1. The van der Waals surface area contributed by atoms with Crippen molar-refractivity contribution in [2.24, 2.45) is 5.92 Å². The van der Waals surface area contributed by atoms with Crippen LogP contribution in [0.15, 0.2) is 72.8 Å². The first kappa shape index (κ1) is 23.0. The van der Waals surface area contributed by atoms with E-state index in [0.717, 1.165) is 35.5 Å². The summed E-state index contributed by atoms with van der Waals surface area (Å²) in [6.07, 6.45) is 1.89. The fraction of sp³-hybridized carbons (Fsp3) is 0.222. The molecule has 1 saturated carbocycles. The normalized spacial score (nSPS) is 12.5. The summed E-state index contributed by atoms with van der Waals surface area (Å²) in [6.45, 7) is 1.98. The largest absolute Gasteiger partial charge is 0.376 e. The van der Waals surface area contributed by atoms with Gasteiger partial charge in [-0.25, -0.2) is 0 Å². The maximum Gasteiger partial charge on any atom is 0.258 e. The van der Waals surface area contributed by atoms with Gasteiger partial charge in [-0.2, -0.15) is 0 Å². The number of para-hydroxylation sites is 1. The lowest BCUT2D eigenvalue weighted by atomic mass is 10.1. The van der Waals surface area contributed by atoms with E-state index in [1.807, 2.05) is 55.5 Å². The Kier molecular flexibility index (Phi) is 6.92. The van der Waals surface area contributed by atoms with E-state index in [1.54, 1.807) is 36.2 Å². The molecule has 0 spiro atoms. The quantitative estimate of drug-likeness (QED) is 0.459. The monoisotopic (exact) mass is 456 g/mol. The molecule has 3 N–H and O–H groups in total. The van der Waals surface area contributed by atoms with Crippen LogP contribution >= 0.6 is 0 Å². The van der Waals surface area contributed by atoms with Crippen molar-refractivity contribution in [1.82, 2.24) is 0 Å². The third-order valence-electron chi connectivity index (χ3n) is 5.84. The topological polar surface area (TPSA) is 90.5 Å². The van der Waals surface area contributed by atoms with Crippen LogP contribution in [0.3, 0.4) is 0 Å². The second kappa shape index (κ2) is 10.2. The summed E-state index contributed by atoms with van der Waals surface area (Å²) < 4.78 is 0. The number of benzene rings is 3. The van der Waals surface area contributed by atoms with Crippen LogP contribution in [-0.2, 0) is 9.59 Å². The second-order valence-electron chi connectivity index (χ2n) is 8.42. The molecule has 1 fully saturated rings. The zero-order valence-corrected chi connectivity index (χ0v) is 19.3. The van der Waals surface area contributed by atoms with Crippen molar-refractivity contribution in [3.05, 3.63) is 83.9 Å². The van der Waals surface area contributed by atoms with Gasteiger partial charge in [-0.15, -0.1) is 0 Å². The number of hydrogen-bond acceptors (Lipinski definition) is 4. The Hall–Kier alpha value is -4.13. The summed E-state index contributed by atoms with van der Waals surface area (Å²) >= 11 is 0. The van der Waals surface area contributed by atoms with Crippen molar-refractivity contribution in [3.63, 3.8) is 0 Å². The lowest BCUT2D eigenvalue weighted by Crippen LogP contribution is -2.26. The summed E-state index contributed by atoms with van der Waals surface area (Å²) in [5.74, 6) is -0.167. The SMILES string of the molecule is Cc1c(NCC(=O)Nc2ccc(C(=O)N(C)c3ccccc3)cc2)cccc1NC(=O)C1CC1. The zero-order valence-electron chi connectivity index (χ0n) is 19.3. The Bertz CT molecular complexity index is 1190. The highest BCUT2D eigenvalue weighted by Crippen LogP contribution is 2.31. The zero-order chi connectivity index (χ0) is 24.1. The Balaban J connectivity index is 1.31. The number of carbonyl (C=O) groups excluding carboxylic acids is 3. The summed E-state index contributed by atoms with van der Waals surface area (Å²) in [4.78, 5) is 38.8. The summed E-state index contributed by atoms with van der Waals surface area (Å²) in [5.41, 5.74) is 4.37. The highest BCUT2D eigenvalue weighted by Gasteiger charge is 2.29. The van der Waals surface area contributed by atoms with Crippen LogP contribution in [0.25, 0.3) is 0 Å². The average molecular weight is 457 g/mol. The van der Waals surface area contributed by atoms with Gasteiger partial charge in [-0.1, -0.05) is 24.3 Å². The molecule has 1 aliphatic rings. The molecule has 0 heterocycles.